The van der Waals surface area contributed by atoms with Crippen LogP contribution in [0.2, 0.25) is 0 Å². The number of para-hydroxylation sites is 6. The minimum absolute atomic E-state index is 0. The Labute approximate surface area is 421 Å². The van der Waals surface area contributed by atoms with Gasteiger partial charge >= 0.3 is 42.1 Å². The summed E-state index contributed by atoms with van der Waals surface area (Å²) in [5.74, 6) is 3.84. The van der Waals surface area contributed by atoms with Crippen LogP contribution < -0.4 is 9.47 Å². The number of fused-ring (bicyclic) bond motifs is 11. The minimum Gasteiger partial charge on any atom is -0.509 e. The Morgan fingerprint density at radius 2 is 0.696 bits per heavy atom. The Kier molecular flexibility index (Phi) is 10.3. The molecule has 69 heavy (non-hydrogen) atoms. The van der Waals surface area contributed by atoms with Crippen molar-refractivity contribution >= 4 is 87.5 Å². The van der Waals surface area contributed by atoms with Crippen molar-refractivity contribution in [1.29, 1.82) is 0 Å². The van der Waals surface area contributed by atoms with Gasteiger partial charge in [0.25, 0.3) is 0 Å². The van der Waals surface area contributed by atoms with Crippen LogP contribution in [0, 0.1) is 24.3 Å². The van der Waals surface area contributed by atoms with Crippen LogP contribution in [0.15, 0.2) is 176 Å². The summed E-state index contributed by atoms with van der Waals surface area (Å²) in [6.07, 6.45) is 7.03. The SMILES string of the molecule is [Pt+2].[Pt+2].[c-]1c(Oc2[c-]c3c(cc2)c2ccccc2n3-c2cnc3ccccc3n2)ccc2c3ccc(Oc4[c-]c5c(cc4)c4ccccc4n5-c4cnc5ccccc5n4)[c-]c3n(-c3ncccn3)c12. The molecule has 0 atom stereocenters. The van der Waals surface area contributed by atoms with Gasteiger partial charge in [0.05, 0.1) is 34.5 Å². The first-order valence-corrected chi connectivity index (χ1v) is 21.6. The predicted molar refractivity (Wildman–Crippen MR) is 260 cm³/mol. The molecule has 0 aliphatic carbocycles. The number of hydrogen-bond donors (Lipinski definition) is 0. The number of hydrogen-bond acceptors (Lipinski definition) is 8. The van der Waals surface area contributed by atoms with Crippen molar-refractivity contribution in [3.05, 3.63) is 201 Å². The summed E-state index contributed by atoms with van der Waals surface area (Å²) in [6, 6.07) is 64.1. The average molecular weight is 1250 g/mol. The molecule has 0 unspecified atom stereocenters. The van der Waals surface area contributed by atoms with Gasteiger partial charge in [0.2, 0.25) is 5.95 Å². The molecule has 0 radical (unpaired) electrons. The second kappa shape index (κ2) is 16.9. The molecular formula is C56H29N9O2Pt2. The molecular weight excluding hydrogens is 1220 g/mol. The first-order chi connectivity index (χ1) is 33.2. The summed E-state index contributed by atoms with van der Waals surface area (Å²) >= 11 is 0. The molecule has 11 nitrogen and oxygen atoms in total. The Bertz CT molecular complexity index is 4070. The van der Waals surface area contributed by atoms with E-state index in [0.29, 0.717) is 51.6 Å². The molecule has 0 N–H and O–H groups in total. The fourth-order valence-corrected chi connectivity index (χ4v) is 9.24. The second-order valence-electron chi connectivity index (χ2n) is 16.1. The number of ether oxygens (including phenoxy) is 2. The van der Waals surface area contributed by atoms with Gasteiger partial charge in [0.1, 0.15) is 0 Å². The van der Waals surface area contributed by atoms with Crippen LogP contribution in [0.5, 0.6) is 23.0 Å². The van der Waals surface area contributed by atoms with Gasteiger partial charge in [-0.05, 0) is 53.2 Å². The number of nitrogens with zero attached hydrogens (tertiary/aromatic N) is 9. The summed E-state index contributed by atoms with van der Waals surface area (Å²) in [7, 11) is 0. The molecule has 6 heterocycles. The number of benzene rings is 8. The van der Waals surface area contributed by atoms with Crippen molar-refractivity contribution in [2.75, 3.05) is 0 Å². The van der Waals surface area contributed by atoms with E-state index in [-0.39, 0.29) is 42.1 Å². The number of rotatable bonds is 7. The van der Waals surface area contributed by atoms with Gasteiger partial charge in [0.15, 0.2) is 11.6 Å². The van der Waals surface area contributed by atoms with E-state index in [9.17, 15) is 0 Å². The molecule has 0 aliphatic rings. The molecule has 0 bridgehead atoms. The standard InChI is InChI=1S/C56H29N9O2.2Pt/c1-7-16-48-38(10-1)40-22-18-34(28-50(40)63(48)54-32-59-44-12-3-5-14-46(44)61-54)66-36-20-24-42-43-25-21-37(31-53(43)65(52(42)30-36)56-57-26-9-27-58-56)67-35-19-23-41-39-11-2-8-17-49(39)64(51(41)29-35)55-33-60-45-13-4-6-15-47(45)62-55;;/h1-27,32-33H;;/q-4;2*+2. The number of aromatic nitrogens is 9. The molecule has 14 rings (SSSR count). The van der Waals surface area contributed by atoms with Crippen LogP contribution >= 0.6 is 0 Å². The second-order valence-corrected chi connectivity index (χ2v) is 16.1. The van der Waals surface area contributed by atoms with E-state index in [0.717, 1.165) is 76.5 Å². The van der Waals surface area contributed by atoms with E-state index in [4.69, 9.17) is 29.4 Å². The molecule has 0 spiro atoms. The van der Waals surface area contributed by atoms with E-state index in [1.165, 1.54) is 0 Å². The Balaban J connectivity index is 0.00000246. The summed E-state index contributed by atoms with van der Waals surface area (Å²) < 4.78 is 19.3. The van der Waals surface area contributed by atoms with Gasteiger partial charge in [0, 0.05) is 46.4 Å². The van der Waals surface area contributed by atoms with Crippen LogP contribution in [-0.4, -0.2) is 43.6 Å². The van der Waals surface area contributed by atoms with Gasteiger partial charge in [-0.2, -0.15) is 35.0 Å². The van der Waals surface area contributed by atoms with Gasteiger partial charge in [-0.15, -0.1) is 59.3 Å². The molecule has 8 aromatic carbocycles. The van der Waals surface area contributed by atoms with E-state index in [1.54, 1.807) is 30.9 Å². The van der Waals surface area contributed by atoms with Crippen LogP contribution in [0.1, 0.15) is 0 Å². The Morgan fingerprint density at radius 3 is 1.13 bits per heavy atom. The predicted octanol–water partition coefficient (Wildman–Crippen LogP) is 12.4. The van der Waals surface area contributed by atoms with Crippen LogP contribution in [0.25, 0.3) is 105 Å². The van der Waals surface area contributed by atoms with Crippen molar-refractivity contribution in [3.63, 3.8) is 0 Å². The smallest absolute Gasteiger partial charge is 0.509 e. The molecule has 0 fully saturated rings. The van der Waals surface area contributed by atoms with E-state index in [2.05, 4.69) is 79.8 Å². The third kappa shape index (κ3) is 6.96. The Morgan fingerprint density at radius 1 is 0.333 bits per heavy atom. The van der Waals surface area contributed by atoms with Crippen molar-refractivity contribution < 1.29 is 51.6 Å². The maximum absolute atomic E-state index is 6.60. The molecule has 0 amide bonds. The Hall–Kier alpha value is -8.10. The van der Waals surface area contributed by atoms with E-state index in [1.807, 2.05) is 114 Å². The molecule has 13 heteroatoms. The van der Waals surface area contributed by atoms with Crippen LogP contribution in [0.3, 0.4) is 0 Å². The maximum atomic E-state index is 6.60. The van der Waals surface area contributed by atoms with Crippen molar-refractivity contribution in [2.24, 2.45) is 0 Å². The van der Waals surface area contributed by atoms with Gasteiger partial charge in [-0.25, -0.2) is 19.9 Å². The third-order valence-electron chi connectivity index (χ3n) is 12.2. The van der Waals surface area contributed by atoms with Crippen molar-refractivity contribution in [1.82, 2.24) is 43.6 Å². The average Bonchev–Trinajstić information content (AvgIpc) is 4.01. The minimum atomic E-state index is 0. The third-order valence-corrected chi connectivity index (χ3v) is 12.2. The van der Waals surface area contributed by atoms with Gasteiger partial charge < -0.3 is 23.2 Å². The normalized spacial score (nSPS) is 11.5. The van der Waals surface area contributed by atoms with Crippen molar-refractivity contribution in [2.45, 2.75) is 0 Å². The fraction of sp³-hybridized carbons (Fsp3) is 0. The monoisotopic (exact) mass is 1250 g/mol. The topological polar surface area (TPSA) is 111 Å². The molecule has 6 aromatic heterocycles. The first-order valence-electron chi connectivity index (χ1n) is 21.6. The summed E-state index contributed by atoms with van der Waals surface area (Å²) in [6.45, 7) is 0. The zero-order valence-electron chi connectivity index (χ0n) is 35.7. The summed E-state index contributed by atoms with van der Waals surface area (Å²) in [5.41, 5.74) is 8.32. The summed E-state index contributed by atoms with van der Waals surface area (Å²) in [5, 5.41) is 6.03. The maximum Gasteiger partial charge on any atom is 2.00 e. The van der Waals surface area contributed by atoms with Gasteiger partial charge in [-0.3, -0.25) is 9.97 Å². The first kappa shape index (κ1) is 42.3. The molecule has 330 valence electrons. The van der Waals surface area contributed by atoms with Crippen molar-refractivity contribution in [3.8, 4) is 40.6 Å². The molecule has 0 saturated carbocycles. The zero-order valence-corrected chi connectivity index (χ0v) is 40.3. The molecule has 14 aromatic rings. The summed E-state index contributed by atoms with van der Waals surface area (Å²) in [4.78, 5) is 28.8. The zero-order chi connectivity index (χ0) is 44.0. The van der Waals surface area contributed by atoms with E-state index < -0.39 is 0 Å². The molecule has 0 saturated heterocycles. The quantitative estimate of drug-likeness (QED) is 0.145. The van der Waals surface area contributed by atoms with Crippen LogP contribution in [-0.2, 0) is 42.1 Å². The van der Waals surface area contributed by atoms with Gasteiger partial charge in [-0.1, -0.05) is 82.7 Å². The molecule has 0 aliphatic heterocycles. The fourth-order valence-electron chi connectivity index (χ4n) is 9.24. The largest absolute Gasteiger partial charge is 2.00 e. The van der Waals surface area contributed by atoms with E-state index >= 15 is 0 Å². The van der Waals surface area contributed by atoms with Crippen LogP contribution in [0.4, 0.5) is 0 Å².